The third-order valence-electron chi connectivity index (χ3n) is 5.07. The minimum absolute atomic E-state index is 0.104. The molecule has 1 fully saturated rings. The molecule has 2 amide bonds. The van der Waals surface area contributed by atoms with Crippen LogP contribution in [0.2, 0.25) is 0 Å². The minimum Gasteiger partial charge on any atom is -0.325 e. The summed E-state index contributed by atoms with van der Waals surface area (Å²) in [7, 11) is 0. The van der Waals surface area contributed by atoms with Crippen LogP contribution < -0.4 is 11.1 Å². The fourth-order valence-electron chi connectivity index (χ4n) is 3.39. The number of carbonyl (C=O) groups excluding carboxylic acids is 1. The number of hydrogen-bond donors (Lipinski definition) is 2. The van der Waals surface area contributed by atoms with Crippen molar-refractivity contribution in [2.45, 2.75) is 25.9 Å². The van der Waals surface area contributed by atoms with Crippen molar-refractivity contribution in [2.24, 2.45) is 5.73 Å². The number of benzene rings is 1. The Morgan fingerprint density at radius 2 is 2.21 bits per heavy atom. The first-order chi connectivity index (χ1) is 13.6. The van der Waals surface area contributed by atoms with Crippen LogP contribution in [0.15, 0.2) is 48.9 Å². The number of aromatic nitrogens is 4. The van der Waals surface area contributed by atoms with E-state index in [0.717, 1.165) is 34.5 Å². The van der Waals surface area contributed by atoms with Crippen molar-refractivity contribution in [3.05, 3.63) is 60.2 Å². The van der Waals surface area contributed by atoms with Crippen LogP contribution in [-0.4, -0.2) is 44.0 Å². The molecule has 28 heavy (non-hydrogen) atoms. The van der Waals surface area contributed by atoms with Crippen LogP contribution in [0.4, 0.5) is 10.5 Å². The topological polar surface area (TPSA) is 102 Å². The number of carbonyl (C=O) groups is 1. The molecule has 0 radical (unpaired) electrons. The number of nitrogens with one attached hydrogen (secondary N) is 1. The van der Waals surface area contributed by atoms with Gasteiger partial charge in [-0.2, -0.15) is 0 Å². The maximum atomic E-state index is 12.8. The van der Waals surface area contributed by atoms with Crippen molar-refractivity contribution in [2.75, 3.05) is 18.4 Å². The number of rotatable bonds is 4. The Balaban J connectivity index is 1.45. The molecule has 3 N–H and O–H groups in total. The fourth-order valence-corrected chi connectivity index (χ4v) is 3.39. The molecule has 144 valence electrons. The number of urea groups is 1. The molecule has 1 aromatic carbocycles. The van der Waals surface area contributed by atoms with E-state index < -0.39 is 0 Å². The monoisotopic (exact) mass is 377 g/mol. The zero-order chi connectivity index (χ0) is 19.5. The Morgan fingerprint density at radius 3 is 2.96 bits per heavy atom. The molecule has 1 atom stereocenters. The third kappa shape index (κ3) is 3.72. The van der Waals surface area contributed by atoms with Crippen molar-refractivity contribution in [3.8, 4) is 11.1 Å². The molecular weight excluding hydrogens is 354 g/mol. The van der Waals surface area contributed by atoms with E-state index in [1.165, 1.54) is 0 Å². The van der Waals surface area contributed by atoms with Gasteiger partial charge in [0.05, 0.1) is 17.9 Å². The molecule has 0 aliphatic carbocycles. The standard InChI is InChI=1S/C20H23N7O/c1-14-4-5-15(16-3-2-7-22-11-16)9-19(14)23-20(28)26-8-6-18(13-26)27-12-17(10-21)24-25-27/h2-5,7,9,11-12,18H,6,8,10,13,21H2,1H3,(H,23,28). The Kier molecular flexibility index (Phi) is 5.03. The van der Waals surface area contributed by atoms with Gasteiger partial charge in [-0.3, -0.25) is 4.98 Å². The lowest BCUT2D eigenvalue weighted by Gasteiger charge is -2.19. The van der Waals surface area contributed by atoms with Gasteiger partial charge >= 0.3 is 6.03 Å². The van der Waals surface area contributed by atoms with Gasteiger partial charge in [-0.15, -0.1) is 5.10 Å². The molecule has 3 aromatic rings. The first-order valence-corrected chi connectivity index (χ1v) is 9.32. The van der Waals surface area contributed by atoms with E-state index in [1.807, 2.05) is 59.2 Å². The lowest BCUT2D eigenvalue weighted by atomic mass is 10.0. The van der Waals surface area contributed by atoms with E-state index in [9.17, 15) is 4.79 Å². The normalized spacial score (nSPS) is 16.4. The molecule has 1 aliphatic heterocycles. The Hall–Kier alpha value is -3.26. The van der Waals surface area contributed by atoms with Crippen molar-refractivity contribution in [3.63, 3.8) is 0 Å². The molecule has 2 aromatic heterocycles. The van der Waals surface area contributed by atoms with Gasteiger partial charge in [-0.05, 0) is 36.6 Å². The summed E-state index contributed by atoms with van der Waals surface area (Å²) in [6.07, 6.45) is 6.26. The number of aryl methyl sites for hydroxylation is 1. The Morgan fingerprint density at radius 1 is 1.32 bits per heavy atom. The summed E-state index contributed by atoms with van der Waals surface area (Å²) in [6.45, 7) is 3.62. The van der Waals surface area contributed by atoms with Gasteiger partial charge in [0.15, 0.2) is 0 Å². The van der Waals surface area contributed by atoms with E-state index in [2.05, 4.69) is 20.6 Å². The maximum absolute atomic E-state index is 12.8. The average Bonchev–Trinajstić information content (AvgIpc) is 3.39. The summed E-state index contributed by atoms with van der Waals surface area (Å²) >= 11 is 0. The zero-order valence-electron chi connectivity index (χ0n) is 15.7. The van der Waals surface area contributed by atoms with E-state index in [0.29, 0.717) is 19.6 Å². The van der Waals surface area contributed by atoms with E-state index in [1.54, 1.807) is 6.20 Å². The minimum atomic E-state index is -0.104. The number of hydrogen-bond acceptors (Lipinski definition) is 5. The Bertz CT molecular complexity index is 970. The molecule has 1 aliphatic rings. The molecule has 8 heteroatoms. The van der Waals surface area contributed by atoms with Gasteiger partial charge < -0.3 is 16.0 Å². The van der Waals surface area contributed by atoms with E-state index in [-0.39, 0.29) is 12.1 Å². The Labute approximate surface area is 163 Å². The highest BCUT2D eigenvalue weighted by molar-refractivity contribution is 5.91. The first-order valence-electron chi connectivity index (χ1n) is 9.32. The van der Waals surface area contributed by atoms with Crippen LogP contribution in [0.25, 0.3) is 11.1 Å². The maximum Gasteiger partial charge on any atom is 0.321 e. The SMILES string of the molecule is Cc1ccc(-c2cccnc2)cc1NC(=O)N1CCC(n2cc(CN)nn2)C1. The van der Waals surface area contributed by atoms with Crippen LogP contribution >= 0.6 is 0 Å². The van der Waals surface area contributed by atoms with Crippen molar-refractivity contribution in [1.29, 1.82) is 0 Å². The molecule has 0 saturated carbocycles. The van der Waals surface area contributed by atoms with E-state index >= 15 is 0 Å². The molecule has 1 saturated heterocycles. The number of anilines is 1. The van der Waals surface area contributed by atoms with Gasteiger partial charge in [-0.1, -0.05) is 23.4 Å². The number of amides is 2. The van der Waals surface area contributed by atoms with Gasteiger partial charge in [0.2, 0.25) is 0 Å². The predicted octanol–water partition coefficient (Wildman–Crippen LogP) is 2.59. The summed E-state index contributed by atoms with van der Waals surface area (Å²) < 4.78 is 1.81. The van der Waals surface area contributed by atoms with Crippen molar-refractivity contribution in [1.82, 2.24) is 24.9 Å². The highest BCUT2D eigenvalue weighted by atomic mass is 16.2. The summed E-state index contributed by atoms with van der Waals surface area (Å²) in [6, 6.07) is 9.96. The highest BCUT2D eigenvalue weighted by Crippen LogP contribution is 2.26. The predicted molar refractivity (Wildman–Crippen MR) is 107 cm³/mol. The van der Waals surface area contributed by atoms with Crippen LogP contribution in [0, 0.1) is 6.92 Å². The smallest absolute Gasteiger partial charge is 0.321 e. The summed E-state index contributed by atoms with van der Waals surface area (Å²) in [5.74, 6) is 0. The number of pyridine rings is 1. The van der Waals surface area contributed by atoms with Crippen molar-refractivity contribution >= 4 is 11.7 Å². The van der Waals surface area contributed by atoms with Crippen LogP contribution in [-0.2, 0) is 6.54 Å². The highest BCUT2D eigenvalue weighted by Gasteiger charge is 2.28. The molecule has 8 nitrogen and oxygen atoms in total. The molecule has 0 spiro atoms. The number of likely N-dealkylation sites (tertiary alicyclic amines) is 1. The quantitative estimate of drug-likeness (QED) is 0.728. The zero-order valence-corrected chi connectivity index (χ0v) is 15.7. The molecule has 0 bridgehead atoms. The van der Waals surface area contributed by atoms with Gasteiger partial charge in [0.1, 0.15) is 0 Å². The largest absolute Gasteiger partial charge is 0.325 e. The molecule has 3 heterocycles. The number of nitrogens with two attached hydrogens (primary N) is 1. The van der Waals surface area contributed by atoms with Gasteiger partial charge in [0.25, 0.3) is 0 Å². The second-order valence-corrected chi connectivity index (χ2v) is 6.98. The van der Waals surface area contributed by atoms with Crippen LogP contribution in [0.5, 0.6) is 0 Å². The summed E-state index contributed by atoms with van der Waals surface area (Å²) in [4.78, 5) is 18.8. The van der Waals surface area contributed by atoms with E-state index in [4.69, 9.17) is 5.73 Å². The lowest BCUT2D eigenvalue weighted by Crippen LogP contribution is -2.33. The molecule has 1 unspecified atom stereocenters. The van der Waals surface area contributed by atoms with Crippen molar-refractivity contribution < 1.29 is 4.79 Å². The second-order valence-electron chi connectivity index (χ2n) is 6.98. The summed E-state index contributed by atoms with van der Waals surface area (Å²) in [5, 5.41) is 11.2. The molecule has 4 rings (SSSR count). The summed E-state index contributed by atoms with van der Waals surface area (Å²) in [5.41, 5.74) is 10.2. The van der Waals surface area contributed by atoms with Crippen LogP contribution in [0.3, 0.4) is 0 Å². The third-order valence-corrected chi connectivity index (χ3v) is 5.07. The second kappa shape index (κ2) is 7.77. The molecular formula is C20H23N7O. The fraction of sp³-hybridized carbons (Fsp3) is 0.300. The van der Waals surface area contributed by atoms with Gasteiger partial charge in [0, 0.05) is 43.3 Å². The lowest BCUT2D eigenvalue weighted by molar-refractivity contribution is 0.220. The van der Waals surface area contributed by atoms with Gasteiger partial charge in [-0.25, -0.2) is 9.48 Å². The number of nitrogens with zero attached hydrogens (tertiary/aromatic N) is 5. The average molecular weight is 377 g/mol. The first kappa shape index (κ1) is 18.1. The van der Waals surface area contributed by atoms with Crippen LogP contribution in [0.1, 0.15) is 23.7 Å².